The Bertz CT molecular complexity index is 648. The Hall–Kier alpha value is -0.700. The second-order valence-corrected chi connectivity index (χ2v) is 8.51. The van der Waals surface area contributed by atoms with Gasteiger partial charge in [-0.05, 0) is 28.1 Å². The molecule has 0 aliphatic heterocycles. The van der Waals surface area contributed by atoms with Gasteiger partial charge in [-0.2, -0.15) is 4.31 Å². The molecule has 0 N–H and O–H groups in total. The zero-order valence-electron chi connectivity index (χ0n) is 9.87. The summed E-state index contributed by atoms with van der Waals surface area (Å²) in [5.41, 5.74) is 0. The lowest BCUT2D eigenvalue weighted by atomic mass is 10.6. The van der Waals surface area contributed by atoms with E-state index in [1.165, 1.54) is 15.6 Å². The molecule has 0 saturated carbocycles. The lowest BCUT2D eigenvalue weighted by Crippen LogP contribution is -2.27. The number of imidazole rings is 1. The number of hydrogen-bond donors (Lipinski definition) is 0. The highest BCUT2D eigenvalue weighted by Gasteiger charge is 2.23. The fourth-order valence-electron chi connectivity index (χ4n) is 1.42. The van der Waals surface area contributed by atoms with Gasteiger partial charge in [-0.3, -0.25) is 0 Å². The van der Waals surface area contributed by atoms with Crippen molar-refractivity contribution in [1.29, 1.82) is 0 Å². The molecule has 0 bridgehead atoms. The fraction of sp³-hybridized carbons (Fsp3) is 0.300. The first-order chi connectivity index (χ1) is 8.41. The van der Waals surface area contributed by atoms with Crippen LogP contribution in [-0.4, -0.2) is 29.3 Å². The van der Waals surface area contributed by atoms with Crippen LogP contribution in [0.2, 0.25) is 0 Å². The second kappa shape index (κ2) is 5.12. The average molecular weight is 350 g/mol. The molecule has 2 aromatic rings. The van der Waals surface area contributed by atoms with Gasteiger partial charge in [0.25, 0.3) is 10.0 Å². The normalized spacial score (nSPS) is 12.2. The number of halogens is 1. The van der Waals surface area contributed by atoms with E-state index < -0.39 is 10.0 Å². The lowest BCUT2D eigenvalue weighted by molar-refractivity contribution is 0.453. The molecular formula is C10H12BrN3O2S2. The van der Waals surface area contributed by atoms with Crippen LogP contribution in [0.15, 0.2) is 32.5 Å². The zero-order chi connectivity index (χ0) is 13.3. The number of sulfonamides is 1. The van der Waals surface area contributed by atoms with Gasteiger partial charge in [0.2, 0.25) is 0 Å². The topological polar surface area (TPSA) is 55.2 Å². The third kappa shape index (κ3) is 2.66. The van der Waals surface area contributed by atoms with Crippen LogP contribution in [0.25, 0.3) is 0 Å². The van der Waals surface area contributed by atoms with Gasteiger partial charge < -0.3 is 4.57 Å². The quantitative estimate of drug-likeness (QED) is 0.848. The van der Waals surface area contributed by atoms with Gasteiger partial charge in [-0.25, -0.2) is 13.4 Å². The van der Waals surface area contributed by atoms with E-state index in [0.29, 0.717) is 10.0 Å². The number of nitrogens with zero attached hydrogens (tertiary/aromatic N) is 3. The van der Waals surface area contributed by atoms with Crippen molar-refractivity contribution in [2.45, 2.75) is 10.8 Å². The molecule has 0 fully saturated rings. The standard InChI is InChI=1S/C10H12BrN3O2S2/c1-13-6-5-12-9(13)7-14(2)18(15,16)10-4-3-8(11)17-10/h3-6H,7H2,1-2H3. The number of thiophene rings is 1. The van der Waals surface area contributed by atoms with E-state index in [-0.39, 0.29) is 6.54 Å². The summed E-state index contributed by atoms with van der Waals surface area (Å²) in [7, 11) is -0.0514. The first kappa shape index (κ1) is 13.7. The Morgan fingerprint density at radius 3 is 2.72 bits per heavy atom. The number of hydrogen-bond acceptors (Lipinski definition) is 4. The van der Waals surface area contributed by atoms with Crippen molar-refractivity contribution in [3.8, 4) is 0 Å². The van der Waals surface area contributed by atoms with Gasteiger partial charge in [-0.1, -0.05) is 0 Å². The Morgan fingerprint density at radius 1 is 1.50 bits per heavy atom. The molecule has 0 amide bonds. The molecule has 18 heavy (non-hydrogen) atoms. The molecule has 2 aromatic heterocycles. The van der Waals surface area contributed by atoms with Gasteiger partial charge in [0.1, 0.15) is 10.0 Å². The predicted molar refractivity (Wildman–Crippen MR) is 73.9 cm³/mol. The van der Waals surface area contributed by atoms with Crippen molar-refractivity contribution in [3.63, 3.8) is 0 Å². The van der Waals surface area contributed by atoms with Crippen molar-refractivity contribution < 1.29 is 8.42 Å². The van der Waals surface area contributed by atoms with Gasteiger partial charge in [-0.15, -0.1) is 11.3 Å². The summed E-state index contributed by atoms with van der Waals surface area (Å²) in [5, 5.41) is 0. The minimum atomic E-state index is -3.44. The van der Waals surface area contributed by atoms with Gasteiger partial charge in [0, 0.05) is 26.5 Å². The third-order valence-electron chi connectivity index (χ3n) is 2.50. The minimum Gasteiger partial charge on any atom is -0.337 e. The van der Waals surface area contributed by atoms with Gasteiger partial charge in [0.05, 0.1) is 10.3 Å². The molecule has 98 valence electrons. The molecule has 0 aliphatic rings. The second-order valence-electron chi connectivity index (χ2n) is 3.77. The van der Waals surface area contributed by atoms with E-state index in [2.05, 4.69) is 20.9 Å². The molecule has 0 atom stereocenters. The SMILES string of the molecule is CN(Cc1nccn1C)S(=O)(=O)c1ccc(Br)s1. The summed E-state index contributed by atoms with van der Waals surface area (Å²) in [4.78, 5) is 4.12. The molecule has 2 heterocycles. The molecule has 0 radical (unpaired) electrons. The lowest BCUT2D eigenvalue weighted by Gasteiger charge is -2.15. The van der Waals surface area contributed by atoms with Gasteiger partial charge >= 0.3 is 0 Å². The van der Waals surface area contributed by atoms with Crippen LogP contribution in [-0.2, 0) is 23.6 Å². The maximum atomic E-state index is 12.3. The van der Waals surface area contributed by atoms with E-state index in [1.807, 2.05) is 7.05 Å². The summed E-state index contributed by atoms with van der Waals surface area (Å²) in [6, 6.07) is 3.32. The highest BCUT2D eigenvalue weighted by Crippen LogP contribution is 2.28. The Morgan fingerprint density at radius 2 is 2.22 bits per heavy atom. The van der Waals surface area contributed by atoms with Crippen LogP contribution < -0.4 is 0 Å². The smallest absolute Gasteiger partial charge is 0.252 e. The van der Waals surface area contributed by atoms with E-state index >= 15 is 0 Å². The largest absolute Gasteiger partial charge is 0.337 e. The number of aryl methyl sites for hydroxylation is 1. The van der Waals surface area contributed by atoms with E-state index in [4.69, 9.17) is 0 Å². The first-order valence-corrected chi connectivity index (χ1v) is 8.14. The van der Waals surface area contributed by atoms with Crippen LogP contribution in [0.5, 0.6) is 0 Å². The van der Waals surface area contributed by atoms with Crippen LogP contribution >= 0.6 is 27.3 Å². The maximum Gasteiger partial charge on any atom is 0.252 e. The van der Waals surface area contributed by atoms with E-state index in [1.54, 1.807) is 36.1 Å². The van der Waals surface area contributed by atoms with Crippen LogP contribution in [0.3, 0.4) is 0 Å². The zero-order valence-corrected chi connectivity index (χ0v) is 13.1. The number of aromatic nitrogens is 2. The summed E-state index contributed by atoms with van der Waals surface area (Å²) in [6.07, 6.45) is 3.44. The molecular weight excluding hydrogens is 338 g/mol. The fourth-order valence-corrected chi connectivity index (χ4v) is 4.77. The molecule has 0 spiro atoms. The van der Waals surface area contributed by atoms with Crippen LogP contribution in [0.4, 0.5) is 0 Å². The molecule has 0 unspecified atom stereocenters. The molecule has 0 saturated heterocycles. The predicted octanol–water partition coefficient (Wildman–Crippen LogP) is 2.06. The molecule has 5 nitrogen and oxygen atoms in total. The average Bonchev–Trinajstić information content (AvgIpc) is 2.89. The molecule has 8 heteroatoms. The van der Waals surface area contributed by atoms with E-state index in [0.717, 1.165) is 3.79 Å². The Labute approximate surface area is 118 Å². The summed E-state index contributed by atoms with van der Waals surface area (Å²) in [6.45, 7) is 0.251. The number of rotatable bonds is 4. The maximum absolute atomic E-state index is 12.3. The highest BCUT2D eigenvalue weighted by atomic mass is 79.9. The van der Waals surface area contributed by atoms with Crippen molar-refractivity contribution in [3.05, 3.63) is 34.1 Å². The summed E-state index contributed by atoms with van der Waals surface area (Å²) >= 11 is 4.46. The molecule has 2 rings (SSSR count). The van der Waals surface area contributed by atoms with Crippen LogP contribution in [0.1, 0.15) is 5.82 Å². The summed E-state index contributed by atoms with van der Waals surface area (Å²) < 4.78 is 28.7. The summed E-state index contributed by atoms with van der Waals surface area (Å²) in [5.74, 6) is 0.705. The Kier molecular flexibility index (Phi) is 3.90. The van der Waals surface area contributed by atoms with Crippen molar-refractivity contribution in [1.82, 2.24) is 13.9 Å². The monoisotopic (exact) mass is 349 g/mol. The van der Waals surface area contributed by atoms with E-state index in [9.17, 15) is 8.42 Å². The van der Waals surface area contributed by atoms with Gasteiger partial charge in [0.15, 0.2) is 0 Å². The van der Waals surface area contributed by atoms with Crippen molar-refractivity contribution >= 4 is 37.3 Å². The highest BCUT2D eigenvalue weighted by molar-refractivity contribution is 9.11. The Balaban J connectivity index is 2.23. The van der Waals surface area contributed by atoms with Crippen molar-refractivity contribution in [2.24, 2.45) is 7.05 Å². The minimum absolute atomic E-state index is 0.251. The first-order valence-electron chi connectivity index (χ1n) is 5.09. The van der Waals surface area contributed by atoms with Crippen LogP contribution in [0, 0.1) is 0 Å². The molecule has 0 aliphatic carbocycles. The molecule has 0 aromatic carbocycles. The third-order valence-corrected chi connectivity index (χ3v) is 6.39. The van der Waals surface area contributed by atoms with Crippen molar-refractivity contribution in [2.75, 3.05) is 7.05 Å².